The number of ketones is 1. The van der Waals surface area contributed by atoms with Crippen LogP contribution >= 0.6 is 11.3 Å². The predicted molar refractivity (Wildman–Crippen MR) is 90.1 cm³/mol. The largest absolute Gasteiger partial charge is 0.416 e. The Kier molecular flexibility index (Phi) is 6.02. The molecule has 1 aromatic carbocycles. The fraction of sp³-hybridized carbons (Fsp3) is 0.312. The van der Waals surface area contributed by atoms with Gasteiger partial charge >= 0.3 is 6.18 Å². The highest BCUT2D eigenvalue weighted by atomic mass is 32.2. The monoisotopic (exact) mass is 391 g/mol. The van der Waals surface area contributed by atoms with E-state index in [-0.39, 0.29) is 17.9 Å². The highest BCUT2D eigenvalue weighted by Crippen LogP contribution is 2.29. The molecule has 0 fully saturated rings. The van der Waals surface area contributed by atoms with Crippen molar-refractivity contribution in [2.24, 2.45) is 0 Å². The first-order chi connectivity index (χ1) is 11.6. The molecule has 1 aromatic heterocycles. The Morgan fingerprint density at radius 2 is 1.76 bits per heavy atom. The van der Waals surface area contributed by atoms with Gasteiger partial charge in [-0.2, -0.15) is 13.2 Å². The van der Waals surface area contributed by atoms with Crippen molar-refractivity contribution < 1.29 is 26.4 Å². The van der Waals surface area contributed by atoms with Crippen LogP contribution in [-0.4, -0.2) is 20.7 Å². The van der Waals surface area contributed by atoms with E-state index >= 15 is 0 Å². The first kappa shape index (κ1) is 19.6. The molecule has 1 N–H and O–H groups in total. The molecule has 136 valence electrons. The molecule has 0 bridgehead atoms. The number of alkyl halides is 3. The normalized spacial score (nSPS) is 12.3. The average Bonchev–Trinajstić information content (AvgIpc) is 2.95. The standard InChI is InChI=1S/C16H16F3NO3S2/c1-11(21)15-7-6-14(24-15)8-9-20-25(22,23)10-12-2-4-13(5-3-12)16(17,18)19/h2-7,20H,8-10H2,1H3. The minimum absolute atomic E-state index is 0.0425. The molecule has 0 aliphatic carbocycles. The van der Waals surface area contributed by atoms with E-state index in [0.717, 1.165) is 29.1 Å². The van der Waals surface area contributed by atoms with Crippen molar-refractivity contribution in [1.29, 1.82) is 0 Å². The molecular formula is C16H16F3NO3S2. The molecule has 0 saturated heterocycles. The van der Waals surface area contributed by atoms with Crippen molar-refractivity contribution in [3.63, 3.8) is 0 Å². The van der Waals surface area contributed by atoms with E-state index < -0.39 is 27.5 Å². The van der Waals surface area contributed by atoms with Crippen molar-refractivity contribution in [2.45, 2.75) is 25.3 Å². The maximum absolute atomic E-state index is 12.5. The van der Waals surface area contributed by atoms with Crippen molar-refractivity contribution in [1.82, 2.24) is 4.72 Å². The van der Waals surface area contributed by atoms with Gasteiger partial charge in [-0.1, -0.05) is 12.1 Å². The Hall–Kier alpha value is -1.71. The van der Waals surface area contributed by atoms with Crippen LogP contribution in [0.5, 0.6) is 0 Å². The van der Waals surface area contributed by atoms with Gasteiger partial charge in [0.05, 0.1) is 16.2 Å². The lowest BCUT2D eigenvalue weighted by Gasteiger charge is -2.09. The molecule has 0 unspecified atom stereocenters. The number of Topliss-reactive ketones (excluding diaryl/α,β-unsaturated/α-hetero) is 1. The van der Waals surface area contributed by atoms with Crippen LogP contribution in [0.1, 0.15) is 32.6 Å². The number of carbonyl (C=O) groups is 1. The second-order valence-corrected chi connectivity index (χ2v) is 8.40. The third kappa shape index (κ3) is 5.94. The first-order valence-electron chi connectivity index (χ1n) is 7.30. The van der Waals surface area contributed by atoms with Gasteiger partial charge in [0.2, 0.25) is 10.0 Å². The lowest BCUT2D eigenvalue weighted by atomic mass is 10.1. The number of halogens is 3. The molecule has 4 nitrogen and oxygen atoms in total. The summed E-state index contributed by atoms with van der Waals surface area (Å²) in [5.74, 6) is -0.437. The van der Waals surface area contributed by atoms with E-state index in [9.17, 15) is 26.4 Å². The Bertz CT molecular complexity index is 840. The molecule has 0 amide bonds. The second-order valence-electron chi connectivity index (χ2n) is 5.42. The van der Waals surface area contributed by atoms with Gasteiger partial charge in [0.15, 0.2) is 5.78 Å². The fourth-order valence-corrected chi connectivity index (χ4v) is 4.14. The van der Waals surface area contributed by atoms with Crippen molar-refractivity contribution >= 4 is 27.1 Å². The second kappa shape index (κ2) is 7.67. The van der Waals surface area contributed by atoms with E-state index in [1.807, 2.05) is 0 Å². The van der Waals surface area contributed by atoms with Gasteiger partial charge < -0.3 is 0 Å². The number of hydrogen-bond donors (Lipinski definition) is 1. The molecule has 9 heteroatoms. The molecule has 0 atom stereocenters. The van der Waals surface area contributed by atoms with E-state index in [4.69, 9.17) is 0 Å². The topological polar surface area (TPSA) is 63.2 Å². The summed E-state index contributed by atoms with van der Waals surface area (Å²) in [6, 6.07) is 7.49. The molecular weight excluding hydrogens is 375 g/mol. The third-order valence-corrected chi connectivity index (χ3v) is 5.94. The summed E-state index contributed by atoms with van der Waals surface area (Å²) in [5.41, 5.74) is -0.545. The van der Waals surface area contributed by atoms with Gasteiger partial charge in [0, 0.05) is 11.4 Å². The Morgan fingerprint density at radius 1 is 1.12 bits per heavy atom. The smallest absolute Gasteiger partial charge is 0.294 e. The molecule has 0 spiro atoms. The Labute approximate surface area is 147 Å². The zero-order valence-corrected chi connectivity index (χ0v) is 14.9. The summed E-state index contributed by atoms with van der Waals surface area (Å²) in [6.07, 6.45) is -4.01. The molecule has 0 aliphatic heterocycles. The van der Waals surface area contributed by atoms with Crippen LogP contribution in [0.25, 0.3) is 0 Å². The zero-order chi connectivity index (χ0) is 18.7. The highest BCUT2D eigenvalue weighted by Gasteiger charge is 2.30. The number of rotatable bonds is 7. The predicted octanol–water partition coefficient (Wildman–Crippen LogP) is 3.63. The molecule has 0 radical (unpaired) electrons. The summed E-state index contributed by atoms with van der Waals surface area (Å²) < 4.78 is 63.9. The maximum Gasteiger partial charge on any atom is 0.416 e. The lowest BCUT2D eigenvalue weighted by Crippen LogP contribution is -2.27. The zero-order valence-electron chi connectivity index (χ0n) is 13.3. The van der Waals surface area contributed by atoms with E-state index in [0.29, 0.717) is 11.3 Å². The van der Waals surface area contributed by atoms with E-state index in [1.54, 1.807) is 12.1 Å². The van der Waals surface area contributed by atoms with Crippen LogP contribution in [0.2, 0.25) is 0 Å². The minimum atomic E-state index is -4.45. The van der Waals surface area contributed by atoms with Crippen LogP contribution in [-0.2, 0) is 28.4 Å². The molecule has 25 heavy (non-hydrogen) atoms. The first-order valence-corrected chi connectivity index (χ1v) is 9.77. The maximum atomic E-state index is 12.5. The molecule has 2 rings (SSSR count). The highest BCUT2D eigenvalue weighted by molar-refractivity contribution is 7.88. The van der Waals surface area contributed by atoms with Crippen LogP contribution in [0.3, 0.4) is 0 Å². The van der Waals surface area contributed by atoms with Gasteiger partial charge in [-0.15, -0.1) is 11.3 Å². The summed E-state index contributed by atoms with van der Waals surface area (Å²) >= 11 is 1.31. The molecule has 2 aromatic rings. The van der Waals surface area contributed by atoms with Gasteiger partial charge in [-0.25, -0.2) is 13.1 Å². The van der Waals surface area contributed by atoms with Crippen molar-refractivity contribution in [3.05, 3.63) is 57.3 Å². The van der Waals surface area contributed by atoms with Crippen LogP contribution < -0.4 is 4.72 Å². The number of nitrogens with one attached hydrogen (secondary N) is 1. The summed E-state index contributed by atoms with van der Waals surface area (Å²) in [7, 11) is -3.66. The molecule has 0 aliphatic rings. The summed E-state index contributed by atoms with van der Waals surface area (Å²) in [6.45, 7) is 1.61. The lowest BCUT2D eigenvalue weighted by molar-refractivity contribution is -0.137. The van der Waals surface area contributed by atoms with Crippen LogP contribution in [0.4, 0.5) is 13.2 Å². The minimum Gasteiger partial charge on any atom is -0.294 e. The fourth-order valence-electron chi connectivity index (χ4n) is 2.09. The van der Waals surface area contributed by atoms with Crippen molar-refractivity contribution in [2.75, 3.05) is 6.54 Å². The number of hydrogen-bond acceptors (Lipinski definition) is 4. The van der Waals surface area contributed by atoms with E-state index in [1.165, 1.54) is 18.3 Å². The van der Waals surface area contributed by atoms with Gasteiger partial charge in [-0.05, 0) is 43.2 Å². The van der Waals surface area contributed by atoms with Gasteiger partial charge in [0.25, 0.3) is 0 Å². The Balaban J connectivity index is 1.89. The van der Waals surface area contributed by atoms with Crippen LogP contribution in [0.15, 0.2) is 36.4 Å². The summed E-state index contributed by atoms with van der Waals surface area (Å²) in [5, 5.41) is 0. The third-order valence-electron chi connectivity index (χ3n) is 3.34. The van der Waals surface area contributed by atoms with Gasteiger partial charge in [0.1, 0.15) is 0 Å². The number of sulfonamides is 1. The SMILES string of the molecule is CC(=O)c1ccc(CCNS(=O)(=O)Cc2ccc(C(F)(F)F)cc2)s1. The molecule has 0 saturated carbocycles. The van der Waals surface area contributed by atoms with Gasteiger partial charge in [-0.3, -0.25) is 4.79 Å². The number of carbonyl (C=O) groups excluding carboxylic acids is 1. The quantitative estimate of drug-likeness (QED) is 0.733. The Morgan fingerprint density at radius 3 is 2.28 bits per heavy atom. The summed E-state index contributed by atoms with van der Waals surface area (Å²) in [4.78, 5) is 12.7. The van der Waals surface area contributed by atoms with Crippen molar-refractivity contribution in [3.8, 4) is 0 Å². The van der Waals surface area contributed by atoms with Crippen LogP contribution in [0, 0.1) is 0 Å². The number of benzene rings is 1. The van der Waals surface area contributed by atoms with E-state index in [2.05, 4.69) is 4.72 Å². The number of thiophene rings is 1. The average molecular weight is 391 g/mol. The molecule has 1 heterocycles.